The van der Waals surface area contributed by atoms with Crippen LogP contribution in [0.3, 0.4) is 0 Å². The van der Waals surface area contributed by atoms with Gasteiger partial charge in [-0.15, -0.1) is 0 Å². The van der Waals surface area contributed by atoms with Crippen LogP contribution in [0, 0.1) is 0 Å². The topological polar surface area (TPSA) is 38.9 Å². The van der Waals surface area contributed by atoms with E-state index in [4.69, 9.17) is 10.7 Å². The van der Waals surface area contributed by atoms with Gasteiger partial charge in [0.1, 0.15) is 0 Å². The largest absolute Gasteiger partial charge is 0.325 e. The van der Waals surface area contributed by atoms with Gasteiger partial charge in [-0.1, -0.05) is 43.5 Å². The van der Waals surface area contributed by atoms with E-state index in [-0.39, 0.29) is 5.54 Å². The molecule has 3 rings (SSSR count). The first-order valence-corrected chi connectivity index (χ1v) is 6.89. The van der Waals surface area contributed by atoms with Crippen molar-refractivity contribution in [1.82, 2.24) is 4.98 Å². The summed E-state index contributed by atoms with van der Waals surface area (Å²) in [6.45, 7) is 0. The van der Waals surface area contributed by atoms with E-state index < -0.39 is 0 Å². The summed E-state index contributed by atoms with van der Waals surface area (Å²) < 4.78 is 0. The summed E-state index contributed by atoms with van der Waals surface area (Å²) in [5.74, 6) is 0. The van der Waals surface area contributed by atoms with Gasteiger partial charge in [0.15, 0.2) is 0 Å². The van der Waals surface area contributed by atoms with Crippen molar-refractivity contribution < 1.29 is 0 Å². The van der Waals surface area contributed by atoms with E-state index in [2.05, 4.69) is 30.3 Å². The smallest absolute Gasteiger partial charge is 0.0705 e. The van der Waals surface area contributed by atoms with Gasteiger partial charge < -0.3 is 5.73 Å². The summed E-state index contributed by atoms with van der Waals surface area (Å²) in [7, 11) is 0. The number of benzene rings is 1. The highest BCUT2D eigenvalue weighted by Crippen LogP contribution is 2.29. The highest BCUT2D eigenvalue weighted by Gasteiger charge is 2.27. The van der Waals surface area contributed by atoms with Crippen molar-refractivity contribution in [2.24, 2.45) is 5.73 Å². The fourth-order valence-electron chi connectivity index (χ4n) is 3.00. The second kappa shape index (κ2) is 4.69. The molecule has 1 saturated carbocycles. The first kappa shape index (κ1) is 11.7. The number of hydrogen-bond acceptors (Lipinski definition) is 2. The Morgan fingerprint density at radius 3 is 2.61 bits per heavy atom. The van der Waals surface area contributed by atoms with Crippen molar-refractivity contribution >= 4 is 10.9 Å². The Kier molecular flexibility index (Phi) is 3.04. The van der Waals surface area contributed by atoms with Crippen LogP contribution in [0.4, 0.5) is 0 Å². The summed E-state index contributed by atoms with van der Waals surface area (Å²) in [4.78, 5) is 4.73. The van der Waals surface area contributed by atoms with Crippen LogP contribution < -0.4 is 5.73 Å². The summed E-state index contributed by atoms with van der Waals surface area (Å²) >= 11 is 0. The Bertz CT molecular complexity index is 542. The zero-order chi connectivity index (χ0) is 12.4. The molecule has 2 heteroatoms. The molecule has 0 spiro atoms. The van der Waals surface area contributed by atoms with Crippen LogP contribution >= 0.6 is 0 Å². The standard InChI is InChI=1S/C16H20N2/c17-16(10-4-1-5-11-16)12-14-9-8-13-6-2-3-7-15(13)18-14/h2-3,6-9H,1,4-5,10-12,17H2. The van der Waals surface area contributed by atoms with Gasteiger partial charge in [-0.2, -0.15) is 0 Å². The molecule has 0 aliphatic heterocycles. The van der Waals surface area contributed by atoms with Crippen molar-refractivity contribution in [3.8, 4) is 0 Å². The van der Waals surface area contributed by atoms with E-state index in [0.717, 1.165) is 30.5 Å². The lowest BCUT2D eigenvalue weighted by Gasteiger charge is -2.33. The first-order valence-electron chi connectivity index (χ1n) is 6.89. The van der Waals surface area contributed by atoms with Gasteiger partial charge in [0.2, 0.25) is 0 Å². The fourth-order valence-corrected chi connectivity index (χ4v) is 3.00. The number of hydrogen-bond donors (Lipinski definition) is 1. The van der Waals surface area contributed by atoms with Crippen molar-refractivity contribution in [2.45, 2.75) is 44.1 Å². The Labute approximate surface area is 108 Å². The SMILES string of the molecule is NC1(Cc2ccc3ccccc3n2)CCCCC1. The Balaban J connectivity index is 1.85. The minimum absolute atomic E-state index is 0.0201. The van der Waals surface area contributed by atoms with Crippen LogP contribution in [-0.2, 0) is 6.42 Å². The van der Waals surface area contributed by atoms with E-state index in [1.54, 1.807) is 0 Å². The molecule has 0 saturated heterocycles. The monoisotopic (exact) mass is 240 g/mol. The van der Waals surface area contributed by atoms with Gasteiger partial charge in [-0.3, -0.25) is 4.98 Å². The summed E-state index contributed by atoms with van der Waals surface area (Å²) in [5, 5.41) is 1.20. The average molecular weight is 240 g/mol. The number of nitrogens with two attached hydrogens (primary N) is 1. The molecular weight excluding hydrogens is 220 g/mol. The lowest BCUT2D eigenvalue weighted by Crippen LogP contribution is -2.43. The Morgan fingerprint density at radius 1 is 1.00 bits per heavy atom. The molecule has 2 N–H and O–H groups in total. The molecule has 0 radical (unpaired) electrons. The molecule has 0 atom stereocenters. The molecule has 1 heterocycles. The first-order chi connectivity index (χ1) is 8.75. The minimum Gasteiger partial charge on any atom is -0.325 e. The number of pyridine rings is 1. The maximum Gasteiger partial charge on any atom is 0.0705 e. The second-order valence-electron chi connectivity index (χ2n) is 5.60. The molecule has 1 aromatic heterocycles. The van der Waals surface area contributed by atoms with Crippen molar-refractivity contribution in [3.63, 3.8) is 0 Å². The van der Waals surface area contributed by atoms with Crippen molar-refractivity contribution in [1.29, 1.82) is 0 Å². The zero-order valence-corrected chi connectivity index (χ0v) is 10.7. The number of rotatable bonds is 2. The second-order valence-corrected chi connectivity index (χ2v) is 5.60. The quantitative estimate of drug-likeness (QED) is 0.873. The van der Waals surface area contributed by atoms with E-state index in [9.17, 15) is 0 Å². The highest BCUT2D eigenvalue weighted by molar-refractivity contribution is 5.78. The molecule has 94 valence electrons. The molecule has 2 aromatic rings. The molecule has 1 aliphatic carbocycles. The lowest BCUT2D eigenvalue weighted by molar-refractivity contribution is 0.292. The summed E-state index contributed by atoms with van der Waals surface area (Å²) in [6.07, 6.45) is 7.07. The predicted molar refractivity (Wildman–Crippen MR) is 75.5 cm³/mol. The minimum atomic E-state index is -0.0201. The van der Waals surface area contributed by atoms with Crippen LogP contribution in [0.2, 0.25) is 0 Å². The normalized spacial score (nSPS) is 18.9. The van der Waals surface area contributed by atoms with E-state index in [0.29, 0.717) is 0 Å². The van der Waals surface area contributed by atoms with Crippen molar-refractivity contribution in [2.75, 3.05) is 0 Å². The molecule has 0 unspecified atom stereocenters. The molecular formula is C16H20N2. The van der Waals surface area contributed by atoms with Crippen LogP contribution in [0.1, 0.15) is 37.8 Å². The van der Waals surface area contributed by atoms with Gasteiger partial charge in [-0.25, -0.2) is 0 Å². The average Bonchev–Trinajstić information content (AvgIpc) is 2.39. The van der Waals surface area contributed by atoms with Crippen LogP contribution in [0.25, 0.3) is 10.9 Å². The van der Waals surface area contributed by atoms with Gasteiger partial charge >= 0.3 is 0 Å². The highest BCUT2D eigenvalue weighted by atomic mass is 14.8. The van der Waals surface area contributed by atoms with Crippen LogP contribution in [0.5, 0.6) is 0 Å². The third-order valence-electron chi connectivity index (χ3n) is 4.04. The third kappa shape index (κ3) is 2.39. The van der Waals surface area contributed by atoms with Crippen LogP contribution in [-0.4, -0.2) is 10.5 Å². The van der Waals surface area contributed by atoms with Gasteiger partial charge in [-0.05, 0) is 25.0 Å². The summed E-state index contributed by atoms with van der Waals surface area (Å²) in [6, 6.07) is 12.6. The van der Waals surface area contributed by atoms with Crippen LogP contribution in [0.15, 0.2) is 36.4 Å². The molecule has 0 amide bonds. The Hall–Kier alpha value is -1.41. The molecule has 0 bridgehead atoms. The number of nitrogens with zero attached hydrogens (tertiary/aromatic N) is 1. The Morgan fingerprint density at radius 2 is 1.78 bits per heavy atom. The van der Waals surface area contributed by atoms with E-state index >= 15 is 0 Å². The number of fused-ring (bicyclic) bond motifs is 1. The zero-order valence-electron chi connectivity index (χ0n) is 10.7. The molecule has 1 aromatic carbocycles. The fraction of sp³-hybridized carbons (Fsp3) is 0.438. The van der Waals surface area contributed by atoms with Gasteiger partial charge in [0.25, 0.3) is 0 Å². The number of para-hydroxylation sites is 1. The van der Waals surface area contributed by atoms with Gasteiger partial charge in [0.05, 0.1) is 5.52 Å². The third-order valence-corrected chi connectivity index (χ3v) is 4.04. The lowest BCUT2D eigenvalue weighted by atomic mass is 9.79. The maximum atomic E-state index is 6.50. The molecule has 1 aliphatic rings. The van der Waals surface area contributed by atoms with E-state index in [1.165, 1.54) is 24.6 Å². The van der Waals surface area contributed by atoms with E-state index in [1.807, 2.05) is 6.07 Å². The van der Waals surface area contributed by atoms with Crippen molar-refractivity contribution in [3.05, 3.63) is 42.1 Å². The number of aromatic nitrogens is 1. The summed E-state index contributed by atoms with van der Waals surface area (Å²) in [5.41, 5.74) is 8.69. The van der Waals surface area contributed by atoms with Gasteiger partial charge in [0, 0.05) is 23.0 Å². The predicted octanol–water partition coefficient (Wildman–Crippen LogP) is 3.44. The maximum absolute atomic E-state index is 6.50. The molecule has 2 nitrogen and oxygen atoms in total. The molecule has 1 fully saturated rings. The molecule has 18 heavy (non-hydrogen) atoms.